The SMILES string of the molecule is O=C(CN1CN(c2ccccc2)C2(CCN(C(=O)c3cccc(C(F)(F)F)c3)CC2)C1=O)NCCc1ccccc1. The van der Waals surface area contributed by atoms with Gasteiger partial charge in [0.05, 0.1) is 12.2 Å². The summed E-state index contributed by atoms with van der Waals surface area (Å²) >= 11 is 0. The Balaban J connectivity index is 1.28. The summed E-state index contributed by atoms with van der Waals surface area (Å²) in [6.07, 6.45) is -3.29. The average Bonchev–Trinajstić information content (AvgIpc) is 3.24. The molecule has 2 aliphatic rings. The van der Waals surface area contributed by atoms with Crippen LogP contribution in [0.2, 0.25) is 0 Å². The summed E-state index contributed by atoms with van der Waals surface area (Å²) < 4.78 is 39.6. The third-order valence-electron chi connectivity index (χ3n) is 7.81. The second kappa shape index (κ2) is 11.6. The van der Waals surface area contributed by atoms with Crippen molar-refractivity contribution in [3.8, 4) is 0 Å². The molecule has 41 heavy (non-hydrogen) atoms. The fourth-order valence-corrected chi connectivity index (χ4v) is 5.63. The summed E-state index contributed by atoms with van der Waals surface area (Å²) in [5.41, 5.74) is 0.0465. The van der Waals surface area contributed by atoms with Crippen molar-refractivity contribution in [2.24, 2.45) is 0 Å². The van der Waals surface area contributed by atoms with E-state index >= 15 is 0 Å². The zero-order chi connectivity index (χ0) is 29.0. The van der Waals surface area contributed by atoms with Crippen molar-refractivity contribution in [3.05, 3.63) is 102 Å². The first kappa shape index (κ1) is 28.2. The number of amides is 3. The van der Waals surface area contributed by atoms with Gasteiger partial charge in [-0.15, -0.1) is 0 Å². The molecule has 2 heterocycles. The summed E-state index contributed by atoms with van der Waals surface area (Å²) in [6, 6.07) is 23.6. The zero-order valence-electron chi connectivity index (χ0n) is 22.4. The molecule has 0 bridgehead atoms. The molecule has 3 aromatic carbocycles. The van der Waals surface area contributed by atoms with Gasteiger partial charge >= 0.3 is 6.18 Å². The third-order valence-corrected chi connectivity index (χ3v) is 7.81. The highest BCUT2D eigenvalue weighted by atomic mass is 19.4. The highest BCUT2D eigenvalue weighted by Gasteiger charge is 2.54. The molecule has 0 saturated carbocycles. The Kier molecular flexibility index (Phi) is 8.01. The van der Waals surface area contributed by atoms with Crippen LogP contribution in [0.1, 0.15) is 34.3 Å². The first-order valence-electron chi connectivity index (χ1n) is 13.6. The van der Waals surface area contributed by atoms with Gasteiger partial charge in [0.15, 0.2) is 0 Å². The van der Waals surface area contributed by atoms with E-state index in [0.29, 0.717) is 13.0 Å². The van der Waals surface area contributed by atoms with Gasteiger partial charge in [0, 0.05) is 30.9 Å². The Morgan fingerprint density at radius 3 is 2.20 bits per heavy atom. The molecular formula is C31H31F3N4O3. The van der Waals surface area contributed by atoms with Crippen molar-refractivity contribution in [3.63, 3.8) is 0 Å². The van der Waals surface area contributed by atoms with Gasteiger partial charge < -0.3 is 20.0 Å². The molecule has 2 fully saturated rings. The van der Waals surface area contributed by atoms with Crippen LogP contribution in [0, 0.1) is 0 Å². The maximum absolute atomic E-state index is 13.9. The third kappa shape index (κ3) is 6.06. The molecule has 1 N–H and O–H groups in total. The Morgan fingerprint density at radius 2 is 1.54 bits per heavy atom. The fraction of sp³-hybridized carbons (Fsp3) is 0.323. The van der Waals surface area contributed by atoms with Crippen molar-refractivity contribution in [2.45, 2.75) is 31.0 Å². The Hall–Kier alpha value is -4.34. The van der Waals surface area contributed by atoms with Gasteiger partial charge in [-0.2, -0.15) is 13.2 Å². The normalized spacial score (nSPS) is 16.8. The number of hydrogen-bond donors (Lipinski definition) is 1. The van der Waals surface area contributed by atoms with E-state index in [1.165, 1.54) is 21.9 Å². The average molecular weight is 565 g/mol. The maximum atomic E-state index is 13.9. The van der Waals surface area contributed by atoms with Crippen LogP contribution in [-0.4, -0.2) is 65.9 Å². The largest absolute Gasteiger partial charge is 0.416 e. The molecule has 7 nitrogen and oxygen atoms in total. The first-order valence-corrected chi connectivity index (χ1v) is 13.6. The number of benzene rings is 3. The van der Waals surface area contributed by atoms with E-state index in [0.717, 1.165) is 23.4 Å². The number of rotatable bonds is 7. The minimum absolute atomic E-state index is 0.0396. The van der Waals surface area contributed by atoms with E-state index in [1.807, 2.05) is 65.6 Å². The van der Waals surface area contributed by atoms with Gasteiger partial charge in [-0.1, -0.05) is 54.6 Å². The molecule has 10 heteroatoms. The number of piperidine rings is 1. The lowest BCUT2D eigenvalue weighted by Gasteiger charge is -2.43. The van der Waals surface area contributed by atoms with Crippen LogP contribution in [0.15, 0.2) is 84.9 Å². The van der Waals surface area contributed by atoms with E-state index in [4.69, 9.17) is 0 Å². The number of carbonyl (C=O) groups is 3. The molecule has 3 aromatic rings. The number of likely N-dealkylation sites (tertiary alicyclic amines) is 1. The number of hydrogen-bond acceptors (Lipinski definition) is 4. The summed E-state index contributed by atoms with van der Waals surface area (Å²) in [6.45, 7) is 0.968. The molecule has 0 unspecified atom stereocenters. The van der Waals surface area contributed by atoms with Crippen molar-refractivity contribution in [2.75, 3.05) is 37.7 Å². The standard InChI is InChI=1S/C31H31F3N4O3/c32-31(33,34)25-11-7-10-24(20-25)28(40)36-18-15-30(16-19-36)29(41)37(22-38(30)26-12-5-2-6-13-26)21-27(39)35-17-14-23-8-3-1-4-9-23/h1-13,20H,14-19,21-22H2,(H,35,39). The van der Waals surface area contributed by atoms with Crippen molar-refractivity contribution < 1.29 is 27.6 Å². The summed E-state index contributed by atoms with van der Waals surface area (Å²) in [7, 11) is 0. The van der Waals surface area contributed by atoms with E-state index in [-0.39, 0.29) is 56.5 Å². The molecule has 0 aromatic heterocycles. The van der Waals surface area contributed by atoms with Crippen LogP contribution >= 0.6 is 0 Å². The highest BCUT2D eigenvalue weighted by molar-refractivity contribution is 5.97. The van der Waals surface area contributed by atoms with Gasteiger partial charge in [0.2, 0.25) is 5.91 Å². The number of anilines is 1. The van der Waals surface area contributed by atoms with Crippen LogP contribution in [0.3, 0.4) is 0 Å². The molecule has 2 saturated heterocycles. The molecule has 0 atom stereocenters. The van der Waals surface area contributed by atoms with Crippen molar-refractivity contribution in [1.29, 1.82) is 0 Å². The molecule has 0 aliphatic carbocycles. The van der Waals surface area contributed by atoms with Crippen LogP contribution < -0.4 is 10.2 Å². The zero-order valence-corrected chi connectivity index (χ0v) is 22.4. The van der Waals surface area contributed by atoms with E-state index in [1.54, 1.807) is 0 Å². The second-order valence-corrected chi connectivity index (χ2v) is 10.4. The number of carbonyl (C=O) groups excluding carboxylic acids is 3. The number of nitrogens with zero attached hydrogens (tertiary/aromatic N) is 3. The van der Waals surface area contributed by atoms with Crippen molar-refractivity contribution in [1.82, 2.24) is 15.1 Å². The van der Waals surface area contributed by atoms with Crippen LogP contribution in [0.25, 0.3) is 0 Å². The molecule has 1 spiro atoms. The van der Waals surface area contributed by atoms with Crippen LogP contribution in [-0.2, 0) is 22.2 Å². The second-order valence-electron chi connectivity index (χ2n) is 10.4. The molecule has 5 rings (SSSR count). The molecule has 3 amide bonds. The maximum Gasteiger partial charge on any atom is 0.416 e. The fourth-order valence-electron chi connectivity index (χ4n) is 5.63. The van der Waals surface area contributed by atoms with E-state index in [9.17, 15) is 27.6 Å². The van der Waals surface area contributed by atoms with Crippen LogP contribution in [0.4, 0.5) is 18.9 Å². The number of alkyl halides is 3. The lowest BCUT2D eigenvalue weighted by molar-refractivity contribution is -0.137. The van der Waals surface area contributed by atoms with Crippen LogP contribution in [0.5, 0.6) is 0 Å². The van der Waals surface area contributed by atoms with Gasteiger partial charge in [0.25, 0.3) is 11.8 Å². The van der Waals surface area contributed by atoms with Gasteiger partial charge in [0.1, 0.15) is 12.1 Å². The Labute approximate surface area is 236 Å². The molecule has 0 radical (unpaired) electrons. The quantitative estimate of drug-likeness (QED) is 0.464. The van der Waals surface area contributed by atoms with Crippen molar-refractivity contribution >= 4 is 23.4 Å². The monoisotopic (exact) mass is 564 g/mol. The number of para-hydroxylation sites is 1. The predicted octanol–water partition coefficient (Wildman–Crippen LogP) is 4.35. The minimum Gasteiger partial charge on any atom is -0.354 e. The van der Waals surface area contributed by atoms with Gasteiger partial charge in [-0.25, -0.2) is 0 Å². The minimum atomic E-state index is -4.55. The molecule has 2 aliphatic heterocycles. The number of halogens is 3. The summed E-state index contributed by atoms with van der Waals surface area (Å²) in [5.74, 6) is -0.945. The van der Waals surface area contributed by atoms with Gasteiger partial charge in [-0.3, -0.25) is 14.4 Å². The van der Waals surface area contributed by atoms with E-state index < -0.39 is 23.2 Å². The Morgan fingerprint density at radius 1 is 0.878 bits per heavy atom. The first-order chi connectivity index (χ1) is 19.7. The predicted molar refractivity (Wildman–Crippen MR) is 148 cm³/mol. The van der Waals surface area contributed by atoms with Gasteiger partial charge in [-0.05, 0) is 55.2 Å². The Bertz CT molecular complexity index is 1390. The highest BCUT2D eigenvalue weighted by Crippen LogP contribution is 2.40. The summed E-state index contributed by atoms with van der Waals surface area (Å²) in [5, 5.41) is 2.90. The lowest BCUT2D eigenvalue weighted by Crippen LogP contribution is -2.57. The topological polar surface area (TPSA) is 73.0 Å². The number of nitrogens with one attached hydrogen (secondary N) is 1. The smallest absolute Gasteiger partial charge is 0.354 e. The lowest BCUT2D eigenvalue weighted by atomic mass is 9.85. The molecule has 214 valence electrons. The molecular weight excluding hydrogens is 533 g/mol. The summed E-state index contributed by atoms with van der Waals surface area (Å²) in [4.78, 5) is 44.8. The van der Waals surface area contributed by atoms with E-state index in [2.05, 4.69) is 5.32 Å².